The van der Waals surface area contributed by atoms with Gasteiger partial charge < -0.3 is 14.6 Å². The van der Waals surface area contributed by atoms with E-state index in [1.54, 1.807) is 31.2 Å². The molecule has 1 N–H and O–H groups in total. The molecule has 1 aromatic carbocycles. The van der Waals surface area contributed by atoms with E-state index in [0.717, 1.165) is 49.8 Å². The normalized spacial score (nSPS) is 16.3. The highest BCUT2D eigenvalue weighted by Gasteiger charge is 2.24. The molecule has 0 radical (unpaired) electrons. The van der Waals surface area contributed by atoms with Crippen LogP contribution in [0.4, 0.5) is 5.69 Å². The zero-order chi connectivity index (χ0) is 22.7. The number of aromatic nitrogens is 1. The number of benzene rings is 1. The monoisotopic (exact) mass is 436 g/mol. The second kappa shape index (κ2) is 9.72. The van der Waals surface area contributed by atoms with Gasteiger partial charge in [-0.25, -0.2) is 0 Å². The second-order valence-corrected chi connectivity index (χ2v) is 9.13. The van der Waals surface area contributed by atoms with E-state index in [2.05, 4.69) is 5.32 Å². The number of pyridine rings is 1. The molecule has 0 bridgehead atoms. The van der Waals surface area contributed by atoms with Crippen molar-refractivity contribution in [1.29, 1.82) is 0 Å². The topological polar surface area (TPSA) is 77.4 Å². The van der Waals surface area contributed by atoms with Crippen molar-refractivity contribution >= 4 is 17.6 Å². The highest BCUT2D eigenvalue weighted by Crippen LogP contribution is 2.29. The van der Waals surface area contributed by atoms with E-state index in [1.807, 2.05) is 4.57 Å². The summed E-state index contributed by atoms with van der Waals surface area (Å²) in [6.45, 7) is 3.83. The molecule has 32 heavy (non-hydrogen) atoms. The number of hydrogen-bond acceptors (Lipinski definition) is 4. The van der Waals surface area contributed by atoms with E-state index in [-0.39, 0.29) is 11.1 Å². The summed E-state index contributed by atoms with van der Waals surface area (Å²) in [5, 5.41) is 2.88. The van der Waals surface area contributed by atoms with Gasteiger partial charge in [-0.3, -0.25) is 14.4 Å². The van der Waals surface area contributed by atoms with Crippen molar-refractivity contribution in [3.8, 4) is 5.75 Å². The van der Waals surface area contributed by atoms with Gasteiger partial charge in [-0.1, -0.05) is 25.3 Å². The molecule has 170 valence electrons. The van der Waals surface area contributed by atoms with Crippen LogP contribution in [0.2, 0.25) is 0 Å². The van der Waals surface area contributed by atoms with Crippen LogP contribution in [0.3, 0.4) is 0 Å². The maximum absolute atomic E-state index is 13.5. The lowest BCUT2D eigenvalue weighted by molar-refractivity contribution is -0.131. The van der Waals surface area contributed by atoms with E-state index < -0.39 is 11.9 Å². The summed E-state index contributed by atoms with van der Waals surface area (Å²) in [6.07, 6.45) is 10.0. The summed E-state index contributed by atoms with van der Waals surface area (Å²) in [6, 6.07) is 6.95. The van der Waals surface area contributed by atoms with Crippen molar-refractivity contribution in [3.05, 3.63) is 57.0 Å². The van der Waals surface area contributed by atoms with E-state index in [0.29, 0.717) is 29.5 Å². The number of aryl methyl sites for hydroxylation is 1. The molecule has 6 heteroatoms. The van der Waals surface area contributed by atoms with Gasteiger partial charge in [0.25, 0.3) is 11.5 Å². The minimum atomic E-state index is -0.420. The Labute approximate surface area is 189 Å². The third kappa shape index (κ3) is 4.79. The number of nitrogens with zero attached hydrogens (tertiary/aromatic N) is 1. The van der Waals surface area contributed by atoms with Crippen LogP contribution in [-0.4, -0.2) is 16.4 Å². The number of ether oxygens (including phenoxy) is 1. The largest absolute Gasteiger partial charge is 0.426 e. The van der Waals surface area contributed by atoms with Gasteiger partial charge in [-0.05, 0) is 75.1 Å². The van der Waals surface area contributed by atoms with Crippen LogP contribution in [-0.2, 0) is 24.2 Å². The lowest BCUT2D eigenvalue weighted by atomic mass is 9.88. The molecule has 1 amide bonds. The van der Waals surface area contributed by atoms with Crippen LogP contribution in [0.25, 0.3) is 0 Å². The fourth-order valence-corrected chi connectivity index (χ4v) is 5.07. The van der Waals surface area contributed by atoms with Crippen LogP contribution >= 0.6 is 0 Å². The van der Waals surface area contributed by atoms with Crippen molar-refractivity contribution in [2.45, 2.75) is 78.2 Å². The molecule has 0 unspecified atom stereocenters. The van der Waals surface area contributed by atoms with Crippen LogP contribution in [0.1, 0.15) is 79.0 Å². The second-order valence-electron chi connectivity index (χ2n) is 9.13. The molecule has 1 fully saturated rings. The number of anilines is 1. The average molecular weight is 437 g/mol. The maximum atomic E-state index is 13.5. The van der Waals surface area contributed by atoms with Crippen molar-refractivity contribution in [2.24, 2.45) is 5.92 Å². The summed E-state index contributed by atoms with van der Waals surface area (Å²) in [4.78, 5) is 38.0. The lowest BCUT2D eigenvalue weighted by Gasteiger charge is -2.27. The molecule has 1 heterocycles. The predicted octanol–water partition coefficient (Wildman–Crippen LogP) is 4.79. The number of amides is 1. The molecule has 2 aliphatic rings. The van der Waals surface area contributed by atoms with Crippen LogP contribution in [0.5, 0.6) is 5.75 Å². The Morgan fingerprint density at radius 3 is 2.59 bits per heavy atom. The lowest BCUT2D eigenvalue weighted by Crippen LogP contribution is -2.35. The van der Waals surface area contributed by atoms with E-state index in [9.17, 15) is 14.4 Å². The van der Waals surface area contributed by atoms with Crippen LogP contribution in [0.15, 0.2) is 29.1 Å². The molecule has 0 saturated heterocycles. The SMILES string of the molecule is CC(=O)Oc1cccc(NC(=O)c2cc3c(n(CC4CCCCC4)c2=O)CCCC3)c1C. The first-order chi connectivity index (χ1) is 15.4. The van der Waals surface area contributed by atoms with Crippen LogP contribution < -0.4 is 15.6 Å². The Bertz CT molecular complexity index is 1080. The van der Waals surface area contributed by atoms with Crippen molar-refractivity contribution < 1.29 is 14.3 Å². The minimum absolute atomic E-state index is 0.192. The van der Waals surface area contributed by atoms with Crippen molar-refractivity contribution in [1.82, 2.24) is 4.57 Å². The summed E-state index contributed by atoms with van der Waals surface area (Å²) >= 11 is 0. The third-order valence-corrected chi connectivity index (χ3v) is 6.80. The maximum Gasteiger partial charge on any atom is 0.308 e. The van der Waals surface area contributed by atoms with Gasteiger partial charge in [0.05, 0.1) is 0 Å². The van der Waals surface area contributed by atoms with Crippen molar-refractivity contribution in [2.75, 3.05) is 5.32 Å². The third-order valence-electron chi connectivity index (χ3n) is 6.80. The van der Waals surface area contributed by atoms with Crippen LogP contribution in [0, 0.1) is 12.8 Å². The molecular weight excluding hydrogens is 404 g/mol. The Morgan fingerprint density at radius 1 is 1.09 bits per heavy atom. The molecule has 1 saturated carbocycles. The van der Waals surface area contributed by atoms with E-state index >= 15 is 0 Å². The zero-order valence-corrected chi connectivity index (χ0v) is 19.0. The first kappa shape index (κ1) is 22.3. The molecule has 0 atom stereocenters. The molecule has 1 aromatic heterocycles. The first-order valence-corrected chi connectivity index (χ1v) is 11.8. The number of carbonyl (C=O) groups is 2. The first-order valence-electron chi connectivity index (χ1n) is 11.8. The summed E-state index contributed by atoms with van der Waals surface area (Å²) < 4.78 is 7.12. The molecule has 0 spiro atoms. The van der Waals surface area contributed by atoms with Gasteiger partial charge in [0.15, 0.2) is 0 Å². The van der Waals surface area contributed by atoms with Gasteiger partial charge in [0, 0.05) is 30.4 Å². The summed E-state index contributed by atoms with van der Waals surface area (Å²) in [5.41, 5.74) is 3.43. The van der Waals surface area contributed by atoms with Gasteiger partial charge >= 0.3 is 5.97 Å². The Kier molecular flexibility index (Phi) is 6.77. The Morgan fingerprint density at radius 2 is 1.84 bits per heavy atom. The highest BCUT2D eigenvalue weighted by atomic mass is 16.5. The number of carbonyl (C=O) groups excluding carboxylic acids is 2. The molecule has 2 aliphatic carbocycles. The van der Waals surface area contributed by atoms with Gasteiger partial charge in [-0.2, -0.15) is 0 Å². The fraction of sp³-hybridized carbons (Fsp3) is 0.500. The number of rotatable bonds is 5. The number of fused-ring (bicyclic) bond motifs is 1. The number of nitrogens with one attached hydrogen (secondary N) is 1. The Balaban J connectivity index is 1.66. The standard InChI is InChI=1S/C26H32N2O4/c1-17-22(12-8-14-24(17)32-18(2)29)27-25(30)21-15-20-11-6-7-13-23(20)28(26(21)31)16-19-9-4-3-5-10-19/h8,12,14-15,19H,3-7,9-11,13,16H2,1-2H3,(H,27,30). The quantitative estimate of drug-likeness (QED) is 0.540. The van der Waals surface area contributed by atoms with E-state index in [4.69, 9.17) is 4.74 Å². The van der Waals surface area contributed by atoms with Gasteiger partial charge in [0.2, 0.25) is 0 Å². The molecular formula is C26H32N2O4. The minimum Gasteiger partial charge on any atom is -0.426 e. The fourth-order valence-electron chi connectivity index (χ4n) is 5.07. The molecule has 6 nitrogen and oxygen atoms in total. The molecule has 2 aromatic rings. The van der Waals surface area contributed by atoms with Crippen molar-refractivity contribution in [3.63, 3.8) is 0 Å². The molecule has 0 aliphatic heterocycles. The van der Waals surface area contributed by atoms with E-state index in [1.165, 1.54) is 26.2 Å². The summed E-state index contributed by atoms with van der Waals surface area (Å²) in [5.74, 6) is 0.0737. The molecule has 4 rings (SSSR count). The Hall–Kier alpha value is -2.89. The number of esters is 1. The van der Waals surface area contributed by atoms with Gasteiger partial charge in [-0.15, -0.1) is 0 Å². The predicted molar refractivity (Wildman–Crippen MR) is 124 cm³/mol. The summed E-state index contributed by atoms with van der Waals surface area (Å²) in [7, 11) is 0. The van der Waals surface area contributed by atoms with Gasteiger partial charge in [0.1, 0.15) is 11.3 Å². The number of hydrogen-bond donors (Lipinski definition) is 1. The highest BCUT2D eigenvalue weighted by molar-refractivity contribution is 6.04. The smallest absolute Gasteiger partial charge is 0.308 e. The zero-order valence-electron chi connectivity index (χ0n) is 19.0. The average Bonchev–Trinajstić information content (AvgIpc) is 2.78.